The first-order valence-corrected chi connectivity index (χ1v) is 11.9. The minimum Gasteiger partial charge on any atom is -0.481 e. The molecule has 180 valence electrons. The molecule has 0 fully saturated rings. The fourth-order valence-corrected chi connectivity index (χ4v) is 4.91. The zero-order valence-corrected chi connectivity index (χ0v) is 19.8. The van der Waals surface area contributed by atoms with Crippen molar-refractivity contribution >= 4 is 44.9 Å². The van der Waals surface area contributed by atoms with Gasteiger partial charge in [0.05, 0.1) is 17.3 Å². The third-order valence-corrected chi connectivity index (χ3v) is 7.26. The van der Waals surface area contributed by atoms with Crippen molar-refractivity contribution in [2.45, 2.75) is 11.8 Å². The first kappa shape index (κ1) is 24.8. The molecule has 3 rings (SSSR count). The number of carboxylic acids is 1. The molecule has 0 saturated heterocycles. The quantitative estimate of drug-likeness (QED) is 0.238. The number of amides is 1. The number of nitrogens with one attached hydrogen (secondary N) is 2. The third-order valence-electron chi connectivity index (χ3n) is 5.38. The highest BCUT2D eigenvalue weighted by Crippen LogP contribution is 2.25. The number of hydrogen-bond donors (Lipinski definition) is 4. The van der Waals surface area contributed by atoms with E-state index in [4.69, 9.17) is 11.1 Å². The van der Waals surface area contributed by atoms with E-state index in [9.17, 15) is 19.5 Å². The van der Waals surface area contributed by atoms with E-state index >= 15 is 0 Å². The second-order valence-corrected chi connectivity index (χ2v) is 9.71. The summed E-state index contributed by atoms with van der Waals surface area (Å²) in [5, 5.41) is 22.5. The van der Waals surface area contributed by atoms with Crippen molar-refractivity contribution in [2.24, 2.45) is 5.73 Å². The number of carboxylic acid groups (broad SMARTS) is 1. The lowest BCUT2D eigenvalue weighted by molar-refractivity contribution is -0.137. The largest absolute Gasteiger partial charge is 0.481 e. The molecule has 2 aromatic heterocycles. The molecular weight excluding hydrogens is 456 g/mol. The lowest BCUT2D eigenvalue weighted by Crippen LogP contribution is -2.38. The molecule has 3 heterocycles. The molecule has 34 heavy (non-hydrogen) atoms. The molecule has 0 spiro atoms. The highest BCUT2D eigenvalue weighted by molar-refractivity contribution is 8.18. The van der Waals surface area contributed by atoms with Crippen LogP contribution in [0, 0.1) is 5.41 Å². The number of hydrogen-bond acceptors (Lipinski definition) is 5. The Labute approximate surface area is 199 Å². The van der Waals surface area contributed by atoms with Crippen LogP contribution in [-0.2, 0) is 4.79 Å². The van der Waals surface area contributed by atoms with Gasteiger partial charge in [0, 0.05) is 39.1 Å². The maximum Gasteiger partial charge on any atom is 0.306 e. The predicted molar refractivity (Wildman–Crippen MR) is 137 cm³/mol. The van der Waals surface area contributed by atoms with Gasteiger partial charge in [-0.1, -0.05) is 18.2 Å². The summed E-state index contributed by atoms with van der Waals surface area (Å²) in [7, 11) is 3.05. The molecule has 0 aromatic carbocycles. The van der Waals surface area contributed by atoms with E-state index in [2.05, 4.69) is 5.32 Å². The molecule has 5 N–H and O–H groups in total. The third kappa shape index (κ3) is 5.93. The average molecular weight is 485 g/mol. The van der Waals surface area contributed by atoms with Gasteiger partial charge in [0.2, 0.25) is 0 Å². The molecular formula is C23H28N6O4S. The molecule has 11 heteroatoms. The van der Waals surface area contributed by atoms with Crippen molar-refractivity contribution in [3.05, 3.63) is 70.0 Å². The normalized spacial score (nSPS) is 15.4. The van der Waals surface area contributed by atoms with Gasteiger partial charge in [-0.05, 0) is 35.0 Å². The first-order valence-electron chi connectivity index (χ1n) is 10.5. The van der Waals surface area contributed by atoms with Crippen LogP contribution in [-0.4, -0.2) is 70.2 Å². The zero-order valence-electron chi connectivity index (χ0n) is 19.0. The summed E-state index contributed by atoms with van der Waals surface area (Å²) in [4.78, 5) is 40.9. The first-order chi connectivity index (χ1) is 16.2. The summed E-state index contributed by atoms with van der Waals surface area (Å²) >= 11 is 0. The van der Waals surface area contributed by atoms with Gasteiger partial charge >= 0.3 is 5.97 Å². The monoisotopic (exact) mass is 484 g/mol. The Kier molecular flexibility index (Phi) is 7.90. The second kappa shape index (κ2) is 10.8. The molecule has 0 saturated carbocycles. The van der Waals surface area contributed by atoms with Crippen LogP contribution in [0.4, 0.5) is 5.69 Å². The number of anilines is 1. The lowest BCUT2D eigenvalue weighted by Gasteiger charge is -2.24. The van der Waals surface area contributed by atoms with Gasteiger partial charge in [-0.25, -0.2) is 0 Å². The Bertz CT molecular complexity index is 1270. The van der Waals surface area contributed by atoms with Crippen molar-refractivity contribution in [1.82, 2.24) is 14.6 Å². The smallest absolute Gasteiger partial charge is 0.306 e. The number of nitrogens with two attached hydrogens (primary N) is 1. The summed E-state index contributed by atoms with van der Waals surface area (Å²) < 4.78 is 1.39. The van der Waals surface area contributed by atoms with E-state index in [-0.39, 0.29) is 17.9 Å². The minimum absolute atomic E-state index is 0.00994. The molecule has 0 radical (unpaired) electrons. The number of guanidine groups is 1. The minimum atomic E-state index is -1.03. The van der Waals surface area contributed by atoms with E-state index in [1.165, 1.54) is 10.5 Å². The Morgan fingerprint density at radius 1 is 1.21 bits per heavy atom. The molecule has 2 unspecified atom stereocenters. The highest BCUT2D eigenvalue weighted by atomic mass is 32.2. The van der Waals surface area contributed by atoms with Crippen LogP contribution < -0.4 is 21.5 Å². The van der Waals surface area contributed by atoms with Gasteiger partial charge in [0.15, 0.2) is 5.96 Å². The zero-order chi connectivity index (χ0) is 24.8. The molecule has 1 aliphatic rings. The number of likely N-dealkylation sites (N-methyl/N-ethyl adjacent to an activating group) is 2. The van der Waals surface area contributed by atoms with Crippen LogP contribution >= 0.6 is 10.5 Å². The van der Waals surface area contributed by atoms with E-state index in [0.29, 0.717) is 18.6 Å². The molecule has 1 aliphatic heterocycles. The van der Waals surface area contributed by atoms with Gasteiger partial charge in [-0.3, -0.25) is 24.2 Å². The van der Waals surface area contributed by atoms with Crippen molar-refractivity contribution < 1.29 is 14.7 Å². The second-order valence-electron chi connectivity index (χ2n) is 7.78. The van der Waals surface area contributed by atoms with Crippen LogP contribution in [0.25, 0.3) is 5.52 Å². The summed E-state index contributed by atoms with van der Waals surface area (Å²) in [6.07, 6.45) is 6.79. The highest BCUT2D eigenvalue weighted by Gasteiger charge is 2.21. The number of aliphatic carboxylic acids is 1. The van der Waals surface area contributed by atoms with Gasteiger partial charge in [-0.2, -0.15) is 0 Å². The summed E-state index contributed by atoms with van der Waals surface area (Å²) in [5.74, 6) is -1.65. The molecule has 0 bridgehead atoms. The molecule has 2 atom stereocenters. The van der Waals surface area contributed by atoms with Crippen molar-refractivity contribution in [1.29, 1.82) is 5.41 Å². The number of nitrogens with zero attached hydrogens (tertiary/aromatic N) is 3. The van der Waals surface area contributed by atoms with E-state index in [1.54, 1.807) is 30.3 Å². The number of allylic oxidation sites excluding steroid dienone is 3. The number of rotatable bonds is 9. The van der Waals surface area contributed by atoms with Crippen LogP contribution in [0.15, 0.2) is 58.9 Å². The number of carbonyl (C=O) groups excluding carboxylic acids is 1. The van der Waals surface area contributed by atoms with Crippen molar-refractivity contribution in [2.75, 3.05) is 32.1 Å². The fraction of sp³-hybridized carbons (Fsp3) is 0.261. The van der Waals surface area contributed by atoms with E-state index < -0.39 is 33.3 Å². The van der Waals surface area contributed by atoms with Gasteiger partial charge < -0.3 is 26.0 Å². The molecule has 0 aliphatic carbocycles. The predicted octanol–water partition coefficient (Wildman–Crippen LogP) is 1.25. The number of pyridine rings is 2. The summed E-state index contributed by atoms with van der Waals surface area (Å²) in [6.45, 7) is 1.18. The summed E-state index contributed by atoms with van der Waals surface area (Å²) in [6, 6.07) is 6.74. The van der Waals surface area contributed by atoms with Gasteiger partial charge in [-0.15, -0.1) is 10.5 Å². The standard InChI is InChI=1S/C23H28N6O4S/c1-27(10-11-28(2)23(24)25)16-8-9-29-17(14-16)6-7-18(22(29)33)21(32)26-19(15-20(30)31)34-12-4-3-5-13-34/h3-9,12-14,19H,10-11,15H2,1-2H3,(H3,24,25)(H,26,32)(H,30,31). The Hall–Kier alpha value is -3.86. The fourth-order valence-electron chi connectivity index (χ4n) is 3.32. The molecule has 2 aromatic rings. The van der Waals surface area contributed by atoms with Crippen molar-refractivity contribution in [3.8, 4) is 0 Å². The Morgan fingerprint density at radius 3 is 2.62 bits per heavy atom. The maximum atomic E-state index is 13.0. The molecule has 10 nitrogen and oxygen atoms in total. The number of aromatic nitrogens is 1. The van der Waals surface area contributed by atoms with E-state index in [0.717, 1.165) is 5.69 Å². The van der Waals surface area contributed by atoms with Crippen LogP contribution in [0.2, 0.25) is 0 Å². The summed E-state index contributed by atoms with van der Waals surface area (Å²) in [5.41, 5.74) is 6.41. The van der Waals surface area contributed by atoms with Gasteiger partial charge in [0.25, 0.3) is 11.5 Å². The average Bonchev–Trinajstić information content (AvgIpc) is 2.81. The maximum absolute atomic E-state index is 13.0. The number of fused-ring (bicyclic) bond motifs is 1. The topological polar surface area (TPSA) is 144 Å². The molecule has 1 amide bonds. The Balaban J connectivity index is 1.81. The Morgan fingerprint density at radius 2 is 1.97 bits per heavy atom. The van der Waals surface area contributed by atoms with Crippen molar-refractivity contribution in [3.63, 3.8) is 0 Å². The lowest BCUT2D eigenvalue weighted by atomic mass is 10.2. The number of carbonyl (C=O) groups is 2. The van der Waals surface area contributed by atoms with Crippen LogP contribution in [0.1, 0.15) is 16.8 Å². The SMILES string of the molecule is CN(CCN(C)c1ccn2c(=O)c(C(=O)NC(CC(=O)O)S3=CC=CC=C3)ccc2c1)C(=N)N. The van der Waals surface area contributed by atoms with Crippen LogP contribution in [0.3, 0.4) is 0 Å². The van der Waals surface area contributed by atoms with Crippen LogP contribution in [0.5, 0.6) is 0 Å². The van der Waals surface area contributed by atoms with E-state index in [1.807, 2.05) is 47.0 Å². The van der Waals surface area contributed by atoms with Gasteiger partial charge in [0.1, 0.15) is 5.56 Å².